The lowest BCUT2D eigenvalue weighted by Crippen LogP contribution is -2.37. The van der Waals surface area contributed by atoms with Gasteiger partial charge >= 0.3 is 11.7 Å². The molecular weight excluding hydrogens is 378 g/mol. The van der Waals surface area contributed by atoms with E-state index in [1.807, 2.05) is 4.90 Å². The monoisotopic (exact) mass is 401 g/mol. The third kappa shape index (κ3) is 4.53. The minimum atomic E-state index is -0.496. The van der Waals surface area contributed by atoms with E-state index >= 15 is 0 Å². The van der Waals surface area contributed by atoms with Gasteiger partial charge in [0.15, 0.2) is 0 Å². The SMILES string of the molecule is CCOC(=O)C1CCN(c2ncnc(Nc3ccccc3OC)c2[N+](=O)[O-])CC1. The first-order chi connectivity index (χ1) is 14.0. The number of nitrogens with zero attached hydrogens (tertiary/aromatic N) is 4. The van der Waals surface area contributed by atoms with Crippen molar-refractivity contribution < 1.29 is 19.2 Å². The lowest BCUT2D eigenvalue weighted by atomic mass is 9.97. The number of para-hydroxylation sites is 2. The van der Waals surface area contributed by atoms with Crippen LogP contribution in [0.4, 0.5) is 23.0 Å². The highest BCUT2D eigenvalue weighted by Gasteiger charge is 2.32. The van der Waals surface area contributed by atoms with Gasteiger partial charge in [-0.25, -0.2) is 9.97 Å². The summed E-state index contributed by atoms with van der Waals surface area (Å²) in [7, 11) is 1.52. The summed E-state index contributed by atoms with van der Waals surface area (Å²) in [6.45, 7) is 3.05. The Kier molecular flexibility index (Phi) is 6.43. The van der Waals surface area contributed by atoms with Crippen LogP contribution in [0.25, 0.3) is 0 Å². The van der Waals surface area contributed by atoms with Gasteiger partial charge in [0, 0.05) is 13.1 Å². The number of ether oxygens (including phenoxy) is 2. The number of benzene rings is 1. The molecule has 0 amide bonds. The van der Waals surface area contributed by atoms with Crippen molar-refractivity contribution in [2.45, 2.75) is 19.8 Å². The average molecular weight is 401 g/mol. The molecule has 1 saturated heterocycles. The van der Waals surface area contributed by atoms with Crippen LogP contribution in [0.2, 0.25) is 0 Å². The number of methoxy groups -OCH3 is 1. The van der Waals surface area contributed by atoms with E-state index in [9.17, 15) is 14.9 Å². The number of piperidine rings is 1. The highest BCUT2D eigenvalue weighted by molar-refractivity contribution is 5.77. The molecule has 1 aromatic carbocycles. The number of nitrogens with one attached hydrogen (secondary N) is 1. The van der Waals surface area contributed by atoms with E-state index in [4.69, 9.17) is 9.47 Å². The van der Waals surface area contributed by atoms with Gasteiger partial charge < -0.3 is 19.7 Å². The van der Waals surface area contributed by atoms with Crippen molar-refractivity contribution in [3.05, 3.63) is 40.7 Å². The van der Waals surface area contributed by atoms with Crippen LogP contribution in [-0.4, -0.2) is 47.7 Å². The normalized spacial score (nSPS) is 14.3. The number of nitro groups is 1. The molecule has 2 heterocycles. The Bertz CT molecular complexity index is 883. The largest absolute Gasteiger partial charge is 0.495 e. The zero-order valence-electron chi connectivity index (χ0n) is 16.3. The van der Waals surface area contributed by atoms with E-state index in [2.05, 4.69) is 15.3 Å². The maximum absolute atomic E-state index is 11.9. The molecule has 0 atom stereocenters. The lowest BCUT2D eigenvalue weighted by Gasteiger charge is -2.31. The van der Waals surface area contributed by atoms with Crippen molar-refractivity contribution in [2.24, 2.45) is 5.92 Å². The number of anilines is 3. The van der Waals surface area contributed by atoms with Crippen molar-refractivity contribution in [3.63, 3.8) is 0 Å². The number of carbonyl (C=O) groups is 1. The second-order valence-electron chi connectivity index (χ2n) is 6.49. The summed E-state index contributed by atoms with van der Waals surface area (Å²) in [5.41, 5.74) is 0.344. The number of aromatic nitrogens is 2. The third-order valence-corrected chi connectivity index (χ3v) is 4.76. The number of carbonyl (C=O) groups excluding carboxylic acids is 1. The number of rotatable bonds is 7. The van der Waals surface area contributed by atoms with Gasteiger partial charge in [0.2, 0.25) is 11.6 Å². The quantitative estimate of drug-likeness (QED) is 0.424. The van der Waals surface area contributed by atoms with Crippen molar-refractivity contribution in [2.75, 3.05) is 37.0 Å². The fourth-order valence-corrected chi connectivity index (χ4v) is 3.32. The minimum Gasteiger partial charge on any atom is -0.495 e. The maximum atomic E-state index is 11.9. The highest BCUT2D eigenvalue weighted by Crippen LogP contribution is 2.37. The first-order valence-corrected chi connectivity index (χ1v) is 9.36. The fourth-order valence-electron chi connectivity index (χ4n) is 3.32. The van der Waals surface area contributed by atoms with E-state index in [1.54, 1.807) is 31.2 Å². The number of esters is 1. The van der Waals surface area contributed by atoms with Crippen LogP contribution in [-0.2, 0) is 9.53 Å². The van der Waals surface area contributed by atoms with Gasteiger partial charge in [-0.2, -0.15) is 0 Å². The molecule has 10 heteroatoms. The molecule has 1 aliphatic heterocycles. The summed E-state index contributed by atoms with van der Waals surface area (Å²) >= 11 is 0. The molecule has 1 aromatic heterocycles. The van der Waals surface area contributed by atoms with Gasteiger partial charge in [0.1, 0.15) is 12.1 Å². The summed E-state index contributed by atoms with van der Waals surface area (Å²) in [4.78, 5) is 33.3. The number of hydrogen-bond donors (Lipinski definition) is 1. The second-order valence-corrected chi connectivity index (χ2v) is 6.49. The Labute approximate surface area is 168 Å². The first-order valence-electron chi connectivity index (χ1n) is 9.36. The fraction of sp³-hybridized carbons (Fsp3) is 0.421. The van der Waals surface area contributed by atoms with E-state index < -0.39 is 4.92 Å². The summed E-state index contributed by atoms with van der Waals surface area (Å²) in [6.07, 6.45) is 2.39. The molecule has 2 aromatic rings. The summed E-state index contributed by atoms with van der Waals surface area (Å²) in [5, 5.41) is 14.8. The highest BCUT2D eigenvalue weighted by atomic mass is 16.6. The molecule has 1 N–H and O–H groups in total. The van der Waals surface area contributed by atoms with Gasteiger partial charge in [-0.1, -0.05) is 12.1 Å². The van der Waals surface area contributed by atoms with Gasteiger partial charge in [-0.3, -0.25) is 14.9 Å². The molecule has 0 unspecified atom stereocenters. The summed E-state index contributed by atoms with van der Waals surface area (Å²) in [5.74, 6) is 0.431. The molecule has 3 rings (SSSR count). The molecule has 0 saturated carbocycles. The lowest BCUT2D eigenvalue weighted by molar-refractivity contribution is -0.383. The first kappa shape index (κ1) is 20.3. The standard InChI is InChI=1S/C19H23N5O5/c1-3-29-19(25)13-8-10-23(11-9-13)18-16(24(26)27)17(20-12-21-18)22-14-6-4-5-7-15(14)28-2/h4-7,12-13H,3,8-11H2,1-2H3,(H,20,21,22). The minimum absolute atomic E-state index is 0.0806. The molecule has 0 radical (unpaired) electrons. The Balaban J connectivity index is 1.85. The molecule has 0 bridgehead atoms. The van der Waals surface area contributed by atoms with Crippen LogP contribution in [0.15, 0.2) is 30.6 Å². The van der Waals surface area contributed by atoms with E-state index in [0.29, 0.717) is 44.0 Å². The Morgan fingerprint density at radius 3 is 2.69 bits per heavy atom. The molecule has 0 spiro atoms. The Morgan fingerprint density at radius 1 is 1.31 bits per heavy atom. The average Bonchev–Trinajstić information content (AvgIpc) is 2.74. The second kappa shape index (κ2) is 9.18. The third-order valence-electron chi connectivity index (χ3n) is 4.76. The topological polar surface area (TPSA) is 120 Å². The van der Waals surface area contributed by atoms with E-state index in [0.717, 1.165) is 0 Å². The maximum Gasteiger partial charge on any atom is 0.353 e. The van der Waals surface area contributed by atoms with Gasteiger partial charge in [-0.05, 0) is 31.9 Å². The molecule has 154 valence electrons. The van der Waals surface area contributed by atoms with Crippen LogP contribution in [0, 0.1) is 16.0 Å². The van der Waals surface area contributed by atoms with Crippen LogP contribution in [0.5, 0.6) is 5.75 Å². The van der Waals surface area contributed by atoms with Crippen LogP contribution in [0.1, 0.15) is 19.8 Å². The van der Waals surface area contributed by atoms with Crippen LogP contribution < -0.4 is 15.0 Å². The summed E-state index contributed by atoms with van der Waals surface area (Å²) < 4.78 is 10.4. The molecule has 1 fully saturated rings. The van der Waals surface area contributed by atoms with Gasteiger partial charge in [0.25, 0.3) is 0 Å². The van der Waals surface area contributed by atoms with Crippen molar-refractivity contribution >= 4 is 29.0 Å². The van der Waals surface area contributed by atoms with Crippen molar-refractivity contribution in [1.82, 2.24) is 9.97 Å². The molecule has 0 aliphatic carbocycles. The molecule has 1 aliphatic rings. The van der Waals surface area contributed by atoms with Gasteiger partial charge in [-0.15, -0.1) is 0 Å². The van der Waals surface area contributed by atoms with E-state index in [1.165, 1.54) is 13.4 Å². The van der Waals surface area contributed by atoms with Crippen molar-refractivity contribution in [1.29, 1.82) is 0 Å². The molecule has 29 heavy (non-hydrogen) atoms. The van der Waals surface area contributed by atoms with E-state index in [-0.39, 0.29) is 29.2 Å². The number of hydrogen-bond acceptors (Lipinski definition) is 9. The zero-order chi connectivity index (χ0) is 20.8. The predicted molar refractivity (Wildman–Crippen MR) is 107 cm³/mol. The van der Waals surface area contributed by atoms with Crippen LogP contribution >= 0.6 is 0 Å². The Hall–Kier alpha value is -3.43. The predicted octanol–water partition coefficient (Wildman–Crippen LogP) is 2.92. The smallest absolute Gasteiger partial charge is 0.353 e. The molecular formula is C19H23N5O5. The molecule has 10 nitrogen and oxygen atoms in total. The summed E-state index contributed by atoms with van der Waals surface area (Å²) in [6, 6.07) is 7.09. The van der Waals surface area contributed by atoms with Crippen LogP contribution in [0.3, 0.4) is 0 Å². The Morgan fingerprint density at radius 2 is 2.03 bits per heavy atom. The van der Waals surface area contributed by atoms with Gasteiger partial charge in [0.05, 0.1) is 30.2 Å². The zero-order valence-corrected chi connectivity index (χ0v) is 16.3. The van der Waals surface area contributed by atoms with Crippen molar-refractivity contribution in [3.8, 4) is 5.75 Å².